The maximum Gasteiger partial charge on any atom is 0.260 e. The highest BCUT2D eigenvalue weighted by atomic mass is 16.5. The summed E-state index contributed by atoms with van der Waals surface area (Å²) >= 11 is 0. The van der Waals surface area contributed by atoms with Gasteiger partial charge in [-0.05, 0) is 55.9 Å². The third-order valence-electron chi connectivity index (χ3n) is 8.94. The Labute approximate surface area is 220 Å². The van der Waals surface area contributed by atoms with Crippen molar-refractivity contribution in [2.24, 2.45) is 5.92 Å². The number of hydrogen-bond acceptors (Lipinski definition) is 5. The van der Waals surface area contributed by atoms with E-state index in [4.69, 9.17) is 4.74 Å². The molecule has 0 N–H and O–H groups in total. The van der Waals surface area contributed by atoms with Crippen molar-refractivity contribution < 1.29 is 14.3 Å². The van der Waals surface area contributed by atoms with Crippen molar-refractivity contribution in [3.05, 3.63) is 60.2 Å². The van der Waals surface area contributed by atoms with Gasteiger partial charge in [0, 0.05) is 38.4 Å². The maximum atomic E-state index is 14.0. The fourth-order valence-electron chi connectivity index (χ4n) is 6.74. The Kier molecular flexibility index (Phi) is 6.80. The molecule has 196 valence electrons. The lowest BCUT2D eigenvalue weighted by atomic mass is 9.84. The minimum atomic E-state index is -0.463. The zero-order valence-corrected chi connectivity index (χ0v) is 21.7. The minimum absolute atomic E-state index is 0.0370. The highest BCUT2D eigenvalue weighted by Gasteiger charge is 2.53. The van der Waals surface area contributed by atoms with Crippen molar-refractivity contribution in [3.63, 3.8) is 0 Å². The molecule has 2 saturated heterocycles. The predicted octanol–water partition coefficient (Wildman–Crippen LogP) is 4.20. The Hall–Kier alpha value is -3.06. The van der Waals surface area contributed by atoms with Crippen LogP contribution in [0.3, 0.4) is 0 Å². The molecule has 1 saturated carbocycles. The van der Waals surface area contributed by atoms with Gasteiger partial charge in [0.15, 0.2) is 6.73 Å². The molecule has 0 bridgehead atoms. The number of carbonyl (C=O) groups excluding carboxylic acids is 2. The molecular formula is C30H38N4O3. The molecule has 0 radical (unpaired) electrons. The van der Waals surface area contributed by atoms with Crippen LogP contribution in [0.25, 0.3) is 0 Å². The van der Waals surface area contributed by atoms with Crippen molar-refractivity contribution in [2.75, 3.05) is 51.0 Å². The summed E-state index contributed by atoms with van der Waals surface area (Å²) in [5, 5.41) is 0. The van der Waals surface area contributed by atoms with E-state index in [-0.39, 0.29) is 5.91 Å². The van der Waals surface area contributed by atoms with E-state index in [1.54, 1.807) is 4.90 Å². The van der Waals surface area contributed by atoms with E-state index in [2.05, 4.69) is 39.0 Å². The molecule has 37 heavy (non-hydrogen) atoms. The van der Waals surface area contributed by atoms with E-state index in [0.717, 1.165) is 44.7 Å². The monoisotopic (exact) mass is 502 g/mol. The summed E-state index contributed by atoms with van der Waals surface area (Å²) in [7, 11) is 0. The summed E-state index contributed by atoms with van der Waals surface area (Å²) in [5.41, 5.74) is 1.32. The van der Waals surface area contributed by atoms with Crippen LogP contribution in [-0.4, -0.2) is 78.2 Å². The fraction of sp³-hybridized carbons (Fsp3) is 0.533. The molecule has 2 aromatic rings. The van der Waals surface area contributed by atoms with Gasteiger partial charge in [0.05, 0.1) is 12.2 Å². The Morgan fingerprint density at radius 2 is 1.57 bits per heavy atom. The molecule has 3 fully saturated rings. The van der Waals surface area contributed by atoms with Gasteiger partial charge < -0.3 is 24.3 Å². The Morgan fingerprint density at radius 1 is 0.838 bits per heavy atom. The zero-order valence-electron chi connectivity index (χ0n) is 21.7. The molecule has 7 heteroatoms. The number of nitrogens with zero attached hydrogens (tertiary/aromatic N) is 4. The third-order valence-corrected chi connectivity index (χ3v) is 8.94. The summed E-state index contributed by atoms with van der Waals surface area (Å²) in [6.45, 7) is 5.01. The number of para-hydroxylation sites is 2. The second kappa shape index (κ2) is 10.4. The van der Waals surface area contributed by atoms with Crippen molar-refractivity contribution in [2.45, 2.75) is 50.5 Å². The first-order valence-corrected chi connectivity index (χ1v) is 14.0. The quantitative estimate of drug-likeness (QED) is 0.593. The molecule has 0 unspecified atom stereocenters. The standard InChI is InChI=1S/C30H38N4O3/c35-28-26-13-7-8-14-27(26)37-23-32(28)20-19-31-17-15-30(16-18-31)29(36)33(21-24-9-3-1-4-10-24)22-34(30)25-11-5-2-6-12-25/h2,5-8,11-14,24H,1,3-4,9-10,15-23H2. The largest absolute Gasteiger partial charge is 0.472 e. The molecule has 3 heterocycles. The molecule has 3 aliphatic heterocycles. The lowest BCUT2D eigenvalue weighted by molar-refractivity contribution is -0.134. The first-order chi connectivity index (χ1) is 18.1. The summed E-state index contributed by atoms with van der Waals surface area (Å²) < 4.78 is 5.80. The van der Waals surface area contributed by atoms with Crippen molar-refractivity contribution >= 4 is 17.5 Å². The van der Waals surface area contributed by atoms with Crippen LogP contribution >= 0.6 is 0 Å². The predicted molar refractivity (Wildman–Crippen MR) is 143 cm³/mol. The number of benzene rings is 2. The highest BCUT2D eigenvalue weighted by Crippen LogP contribution is 2.40. The van der Waals surface area contributed by atoms with Crippen LogP contribution in [0.1, 0.15) is 55.3 Å². The molecule has 0 aromatic heterocycles. The summed E-state index contributed by atoms with van der Waals surface area (Å²) in [4.78, 5) is 35.6. The van der Waals surface area contributed by atoms with Crippen LogP contribution < -0.4 is 9.64 Å². The van der Waals surface area contributed by atoms with E-state index in [9.17, 15) is 9.59 Å². The van der Waals surface area contributed by atoms with Crippen molar-refractivity contribution in [1.29, 1.82) is 0 Å². The molecule has 4 aliphatic rings. The van der Waals surface area contributed by atoms with Crippen molar-refractivity contribution in [1.82, 2.24) is 14.7 Å². The van der Waals surface area contributed by atoms with Gasteiger partial charge in [0.2, 0.25) is 5.91 Å². The fourth-order valence-corrected chi connectivity index (χ4v) is 6.74. The SMILES string of the molecule is O=C1c2ccccc2OCN1CCN1CCC2(CC1)C(=O)N(CC1CCCCC1)CN2c1ccccc1. The number of anilines is 1. The lowest BCUT2D eigenvalue weighted by Crippen LogP contribution is -2.57. The normalized spacial score (nSPS) is 22.4. The summed E-state index contributed by atoms with van der Waals surface area (Å²) in [6.07, 6.45) is 8.06. The number of carbonyl (C=O) groups is 2. The van der Waals surface area contributed by atoms with Crippen LogP contribution in [-0.2, 0) is 4.79 Å². The number of amides is 2. The molecule has 7 nitrogen and oxygen atoms in total. The molecule has 1 aliphatic carbocycles. The molecule has 6 rings (SSSR count). The number of fused-ring (bicyclic) bond motifs is 1. The van der Waals surface area contributed by atoms with Crippen LogP contribution in [0.2, 0.25) is 0 Å². The number of hydrogen-bond donors (Lipinski definition) is 0. The van der Waals surface area contributed by atoms with Crippen LogP contribution in [0, 0.1) is 5.92 Å². The van der Waals surface area contributed by atoms with Crippen LogP contribution in [0.4, 0.5) is 5.69 Å². The average molecular weight is 503 g/mol. The maximum absolute atomic E-state index is 14.0. The first kappa shape index (κ1) is 24.3. The smallest absolute Gasteiger partial charge is 0.260 e. The van der Waals surface area contributed by atoms with E-state index >= 15 is 0 Å². The minimum Gasteiger partial charge on any atom is -0.472 e. The van der Waals surface area contributed by atoms with Gasteiger partial charge in [-0.2, -0.15) is 0 Å². The topological polar surface area (TPSA) is 56.3 Å². The number of ether oxygens (including phenoxy) is 1. The Balaban J connectivity index is 1.11. The number of piperidine rings is 1. The second-order valence-corrected chi connectivity index (χ2v) is 11.1. The number of likely N-dealkylation sites (tertiary alicyclic amines) is 1. The zero-order chi connectivity index (χ0) is 25.2. The van der Waals surface area contributed by atoms with E-state index in [1.165, 1.54) is 32.1 Å². The van der Waals surface area contributed by atoms with Crippen LogP contribution in [0.5, 0.6) is 5.75 Å². The average Bonchev–Trinajstić information content (AvgIpc) is 3.21. The van der Waals surface area contributed by atoms with Gasteiger partial charge in [-0.1, -0.05) is 49.6 Å². The second-order valence-electron chi connectivity index (χ2n) is 11.1. The van der Waals surface area contributed by atoms with E-state index < -0.39 is 5.54 Å². The van der Waals surface area contributed by atoms with Gasteiger partial charge in [-0.25, -0.2) is 0 Å². The van der Waals surface area contributed by atoms with Gasteiger partial charge in [0.1, 0.15) is 11.3 Å². The Bertz CT molecular complexity index is 1110. The van der Waals surface area contributed by atoms with Crippen molar-refractivity contribution in [3.8, 4) is 5.75 Å². The van der Waals surface area contributed by atoms with Gasteiger partial charge in [0.25, 0.3) is 5.91 Å². The molecule has 2 amide bonds. The Morgan fingerprint density at radius 3 is 2.35 bits per heavy atom. The number of rotatable bonds is 6. The molecule has 2 aromatic carbocycles. The van der Waals surface area contributed by atoms with Gasteiger partial charge in [-0.3, -0.25) is 9.59 Å². The van der Waals surface area contributed by atoms with Gasteiger partial charge in [-0.15, -0.1) is 0 Å². The van der Waals surface area contributed by atoms with Crippen LogP contribution in [0.15, 0.2) is 54.6 Å². The first-order valence-electron chi connectivity index (χ1n) is 14.0. The van der Waals surface area contributed by atoms with E-state index in [0.29, 0.717) is 43.1 Å². The molecule has 0 atom stereocenters. The lowest BCUT2D eigenvalue weighted by Gasteiger charge is -2.43. The third kappa shape index (κ3) is 4.70. The highest BCUT2D eigenvalue weighted by molar-refractivity contribution is 5.97. The molecule has 1 spiro atoms. The summed E-state index contributed by atoms with van der Waals surface area (Å²) in [5.74, 6) is 1.66. The van der Waals surface area contributed by atoms with E-state index in [1.807, 2.05) is 30.3 Å². The summed E-state index contributed by atoms with van der Waals surface area (Å²) in [6, 6.07) is 17.9. The molecular weight excluding hydrogens is 464 g/mol. The van der Waals surface area contributed by atoms with Gasteiger partial charge >= 0.3 is 0 Å².